The molecule has 116 valence electrons. The van der Waals surface area contributed by atoms with E-state index in [0.717, 1.165) is 5.56 Å². The summed E-state index contributed by atoms with van der Waals surface area (Å²) in [7, 11) is 3.14. The molecule has 22 heavy (non-hydrogen) atoms. The molecule has 0 fully saturated rings. The summed E-state index contributed by atoms with van der Waals surface area (Å²) in [5.41, 5.74) is 0.974. The van der Waals surface area contributed by atoms with Crippen LogP contribution < -0.4 is 20.3 Å². The first kappa shape index (κ1) is 15.6. The van der Waals surface area contributed by atoms with Crippen LogP contribution in [0.1, 0.15) is 28.9 Å². The van der Waals surface area contributed by atoms with E-state index in [9.17, 15) is 9.59 Å². The van der Waals surface area contributed by atoms with E-state index in [1.165, 1.54) is 18.3 Å². The first-order chi connectivity index (χ1) is 10.5. The molecule has 2 aromatic rings. The summed E-state index contributed by atoms with van der Waals surface area (Å²) in [4.78, 5) is 25.7. The largest absolute Gasteiger partial charge is 0.497 e. The Morgan fingerprint density at radius 1 is 1.18 bits per heavy atom. The predicted molar refractivity (Wildman–Crippen MR) is 82.5 cm³/mol. The van der Waals surface area contributed by atoms with E-state index >= 15 is 0 Å². The minimum atomic E-state index is -0.276. The molecule has 1 atom stereocenters. The number of methoxy groups -OCH3 is 2. The fraction of sp³-hybridized carbons (Fsp3) is 0.250. The second kappa shape index (κ2) is 6.80. The highest BCUT2D eigenvalue weighted by Crippen LogP contribution is 2.29. The van der Waals surface area contributed by atoms with Gasteiger partial charge in [0, 0.05) is 23.9 Å². The van der Waals surface area contributed by atoms with Gasteiger partial charge in [0.2, 0.25) is 5.56 Å². The molecule has 1 aromatic heterocycles. The smallest absolute Gasteiger partial charge is 0.253 e. The summed E-state index contributed by atoms with van der Waals surface area (Å²) in [5, 5.41) is 2.86. The molecule has 0 aliphatic carbocycles. The fourth-order valence-corrected chi connectivity index (χ4v) is 2.09. The minimum absolute atomic E-state index is 0.249. The molecule has 0 radical (unpaired) electrons. The molecule has 2 rings (SSSR count). The lowest BCUT2D eigenvalue weighted by Gasteiger charge is -2.18. The molecule has 6 nitrogen and oxygen atoms in total. The topological polar surface area (TPSA) is 80.4 Å². The average Bonchev–Trinajstić information content (AvgIpc) is 2.54. The summed E-state index contributed by atoms with van der Waals surface area (Å²) < 4.78 is 10.5. The highest BCUT2D eigenvalue weighted by Gasteiger charge is 2.16. The zero-order valence-corrected chi connectivity index (χ0v) is 12.7. The number of H-pyrrole nitrogens is 1. The number of nitrogens with one attached hydrogen (secondary N) is 2. The van der Waals surface area contributed by atoms with Crippen LogP contribution in [-0.4, -0.2) is 25.1 Å². The first-order valence-electron chi connectivity index (χ1n) is 6.76. The second-order valence-electron chi connectivity index (χ2n) is 4.74. The number of hydrogen-bond donors (Lipinski definition) is 2. The number of carbonyl (C=O) groups is 1. The third kappa shape index (κ3) is 3.46. The number of hydrogen-bond acceptors (Lipinski definition) is 4. The van der Waals surface area contributed by atoms with Gasteiger partial charge < -0.3 is 19.8 Å². The molecule has 1 amide bonds. The van der Waals surface area contributed by atoms with E-state index < -0.39 is 0 Å². The Bertz CT molecular complexity index is 704. The van der Waals surface area contributed by atoms with Gasteiger partial charge in [-0.25, -0.2) is 0 Å². The van der Waals surface area contributed by atoms with E-state index in [4.69, 9.17) is 9.47 Å². The van der Waals surface area contributed by atoms with Crippen LogP contribution in [0.5, 0.6) is 11.5 Å². The number of amides is 1. The van der Waals surface area contributed by atoms with Gasteiger partial charge in [-0.1, -0.05) is 0 Å². The third-order valence-corrected chi connectivity index (χ3v) is 3.30. The molecule has 0 unspecified atom stereocenters. The highest BCUT2D eigenvalue weighted by atomic mass is 16.5. The summed E-state index contributed by atoms with van der Waals surface area (Å²) in [6.45, 7) is 1.86. The van der Waals surface area contributed by atoms with Gasteiger partial charge in [0.15, 0.2) is 0 Å². The molecule has 0 bridgehead atoms. The molecule has 6 heteroatoms. The van der Waals surface area contributed by atoms with Crippen molar-refractivity contribution in [2.75, 3.05) is 14.2 Å². The molecular formula is C16H18N2O4. The van der Waals surface area contributed by atoms with Gasteiger partial charge in [0.05, 0.1) is 25.8 Å². The van der Waals surface area contributed by atoms with E-state index in [1.807, 2.05) is 13.0 Å². The zero-order chi connectivity index (χ0) is 16.1. The molecule has 0 spiro atoms. The van der Waals surface area contributed by atoms with Crippen LogP contribution in [0.25, 0.3) is 0 Å². The SMILES string of the molecule is COc1ccc([C@@H](C)NC(=O)c2ccc(=O)[nH]c2)c(OC)c1. The second-order valence-corrected chi connectivity index (χ2v) is 4.74. The van der Waals surface area contributed by atoms with Crippen molar-refractivity contribution in [3.05, 3.63) is 58.0 Å². The van der Waals surface area contributed by atoms with Gasteiger partial charge in [-0.2, -0.15) is 0 Å². The average molecular weight is 302 g/mol. The Morgan fingerprint density at radius 3 is 2.55 bits per heavy atom. The Hall–Kier alpha value is -2.76. The number of ether oxygens (including phenoxy) is 2. The number of rotatable bonds is 5. The van der Waals surface area contributed by atoms with Crippen LogP contribution in [0.15, 0.2) is 41.3 Å². The lowest BCUT2D eigenvalue weighted by atomic mass is 10.1. The van der Waals surface area contributed by atoms with Crippen LogP contribution in [0.4, 0.5) is 0 Å². The van der Waals surface area contributed by atoms with E-state index in [0.29, 0.717) is 17.1 Å². The van der Waals surface area contributed by atoms with Crippen LogP contribution in [0.2, 0.25) is 0 Å². The van der Waals surface area contributed by atoms with Crippen molar-refractivity contribution in [1.29, 1.82) is 0 Å². The maximum absolute atomic E-state index is 12.2. The Labute approximate surface area is 128 Å². The molecule has 0 saturated carbocycles. The monoisotopic (exact) mass is 302 g/mol. The molecule has 1 aromatic carbocycles. The van der Waals surface area contributed by atoms with Crippen LogP contribution in [-0.2, 0) is 0 Å². The van der Waals surface area contributed by atoms with Crippen molar-refractivity contribution in [2.24, 2.45) is 0 Å². The van der Waals surface area contributed by atoms with E-state index in [-0.39, 0.29) is 17.5 Å². The minimum Gasteiger partial charge on any atom is -0.497 e. The summed E-state index contributed by atoms with van der Waals surface area (Å²) in [5.74, 6) is 1.04. The number of pyridine rings is 1. The van der Waals surface area contributed by atoms with Crippen molar-refractivity contribution in [1.82, 2.24) is 10.3 Å². The van der Waals surface area contributed by atoms with Crippen molar-refractivity contribution < 1.29 is 14.3 Å². The lowest BCUT2D eigenvalue weighted by Crippen LogP contribution is -2.27. The molecule has 0 saturated heterocycles. The van der Waals surface area contributed by atoms with Crippen LogP contribution in [0.3, 0.4) is 0 Å². The van der Waals surface area contributed by atoms with Gasteiger partial charge >= 0.3 is 0 Å². The van der Waals surface area contributed by atoms with E-state index in [1.54, 1.807) is 26.4 Å². The zero-order valence-electron chi connectivity index (χ0n) is 12.7. The van der Waals surface area contributed by atoms with Gasteiger partial charge in [-0.05, 0) is 25.1 Å². The normalized spacial score (nSPS) is 11.6. The van der Waals surface area contributed by atoms with Crippen molar-refractivity contribution in [3.63, 3.8) is 0 Å². The van der Waals surface area contributed by atoms with Crippen molar-refractivity contribution in [2.45, 2.75) is 13.0 Å². The molecule has 0 aliphatic rings. The van der Waals surface area contributed by atoms with Crippen LogP contribution in [0, 0.1) is 0 Å². The Morgan fingerprint density at radius 2 is 1.95 bits per heavy atom. The first-order valence-corrected chi connectivity index (χ1v) is 6.76. The standard InChI is InChI=1S/C16H18N2O4/c1-10(13-6-5-12(21-2)8-14(13)22-3)18-16(20)11-4-7-15(19)17-9-11/h4-10H,1-3H3,(H,17,19)(H,18,20)/t10-/m1/s1. The Balaban J connectivity index is 2.18. The third-order valence-electron chi connectivity index (χ3n) is 3.30. The van der Waals surface area contributed by atoms with E-state index in [2.05, 4.69) is 10.3 Å². The lowest BCUT2D eigenvalue weighted by molar-refractivity contribution is 0.0939. The maximum Gasteiger partial charge on any atom is 0.253 e. The van der Waals surface area contributed by atoms with Gasteiger partial charge in [-0.3, -0.25) is 9.59 Å². The predicted octanol–water partition coefficient (Wildman–Crippen LogP) is 1.88. The summed E-state index contributed by atoms with van der Waals surface area (Å²) >= 11 is 0. The highest BCUT2D eigenvalue weighted by molar-refractivity contribution is 5.94. The fourth-order valence-electron chi connectivity index (χ4n) is 2.09. The molecule has 0 aliphatic heterocycles. The number of benzene rings is 1. The number of carbonyl (C=O) groups excluding carboxylic acids is 1. The molecule has 1 heterocycles. The number of aromatic amines is 1. The molecular weight excluding hydrogens is 284 g/mol. The molecule has 2 N–H and O–H groups in total. The summed E-state index contributed by atoms with van der Waals surface area (Å²) in [6.07, 6.45) is 1.38. The quantitative estimate of drug-likeness (QED) is 0.883. The van der Waals surface area contributed by atoms with Gasteiger partial charge in [0.25, 0.3) is 5.91 Å². The van der Waals surface area contributed by atoms with Gasteiger partial charge in [-0.15, -0.1) is 0 Å². The van der Waals surface area contributed by atoms with Gasteiger partial charge in [0.1, 0.15) is 11.5 Å². The Kier molecular flexibility index (Phi) is 4.83. The number of aromatic nitrogens is 1. The van der Waals surface area contributed by atoms with Crippen LogP contribution >= 0.6 is 0 Å². The maximum atomic E-state index is 12.2. The van der Waals surface area contributed by atoms with Crippen molar-refractivity contribution in [3.8, 4) is 11.5 Å². The summed E-state index contributed by atoms with van der Waals surface area (Å²) in [6, 6.07) is 7.94. The van der Waals surface area contributed by atoms with Crippen molar-refractivity contribution >= 4 is 5.91 Å².